The van der Waals surface area contributed by atoms with Crippen molar-refractivity contribution in [2.45, 2.75) is 37.8 Å². The highest BCUT2D eigenvalue weighted by Gasteiger charge is 2.44. The Morgan fingerprint density at radius 2 is 2.00 bits per heavy atom. The fraction of sp³-hybridized carbons (Fsp3) is 0.778. The normalized spacial score (nSPS) is 23.7. The number of carbonyl (C=O) groups excluding carboxylic acids is 1. The lowest BCUT2D eigenvalue weighted by atomic mass is 10.1. The van der Waals surface area contributed by atoms with Crippen LogP contribution in [0, 0.1) is 5.92 Å². The Morgan fingerprint density at radius 3 is 2.31 bits per heavy atom. The number of hydrogen-bond donors (Lipinski definition) is 1. The smallest absolute Gasteiger partial charge is 0.326 e. The number of nitrogens with zero attached hydrogens (tertiary/aromatic N) is 1. The zero-order valence-electron chi connectivity index (χ0n) is 7.35. The van der Waals surface area contributed by atoms with Crippen LogP contribution in [0.25, 0.3) is 0 Å². The first-order valence-corrected chi connectivity index (χ1v) is 4.69. The second kappa shape index (κ2) is 3.01. The maximum Gasteiger partial charge on any atom is 0.326 e. The van der Waals surface area contributed by atoms with Crippen molar-refractivity contribution in [3.63, 3.8) is 0 Å². The van der Waals surface area contributed by atoms with Crippen molar-refractivity contribution in [2.75, 3.05) is 0 Å². The number of aliphatic carboxylic acids is 1. The standard InChI is InChI=1S/C9H13NO3/c11-5-10(7-3-4-7)8(9(12)13)6-1-2-6/h5-8H,1-4H2,(H,12,13). The van der Waals surface area contributed by atoms with E-state index in [4.69, 9.17) is 5.11 Å². The molecule has 4 nitrogen and oxygen atoms in total. The van der Waals surface area contributed by atoms with E-state index in [1.807, 2.05) is 0 Å². The van der Waals surface area contributed by atoms with Crippen LogP contribution in [0.3, 0.4) is 0 Å². The van der Waals surface area contributed by atoms with Gasteiger partial charge in [0, 0.05) is 6.04 Å². The molecule has 0 heterocycles. The number of carboxylic acids is 1. The maximum atomic E-state index is 10.9. The zero-order chi connectivity index (χ0) is 9.42. The molecular formula is C9H13NO3. The molecule has 2 fully saturated rings. The third-order valence-corrected chi connectivity index (χ3v) is 2.73. The third-order valence-electron chi connectivity index (χ3n) is 2.73. The van der Waals surface area contributed by atoms with Gasteiger partial charge in [-0.1, -0.05) is 0 Å². The van der Waals surface area contributed by atoms with Gasteiger partial charge in [-0.15, -0.1) is 0 Å². The van der Waals surface area contributed by atoms with E-state index in [1.54, 1.807) is 0 Å². The van der Waals surface area contributed by atoms with Gasteiger partial charge in [0.15, 0.2) is 0 Å². The molecule has 0 saturated heterocycles. The number of hydrogen-bond acceptors (Lipinski definition) is 2. The van der Waals surface area contributed by atoms with E-state index in [2.05, 4.69) is 0 Å². The second-order valence-corrected chi connectivity index (χ2v) is 3.90. The minimum Gasteiger partial charge on any atom is -0.480 e. The Labute approximate surface area is 76.5 Å². The third kappa shape index (κ3) is 1.66. The highest BCUT2D eigenvalue weighted by atomic mass is 16.4. The SMILES string of the molecule is O=CN(C1CC1)C(C(=O)O)C1CC1. The molecule has 4 heteroatoms. The summed E-state index contributed by atoms with van der Waals surface area (Å²) in [4.78, 5) is 23.1. The minimum absolute atomic E-state index is 0.208. The number of amides is 1. The van der Waals surface area contributed by atoms with E-state index in [1.165, 1.54) is 4.90 Å². The lowest BCUT2D eigenvalue weighted by Gasteiger charge is -2.24. The highest BCUT2D eigenvalue weighted by Crippen LogP contribution is 2.39. The van der Waals surface area contributed by atoms with E-state index < -0.39 is 12.0 Å². The molecule has 2 aliphatic carbocycles. The molecule has 1 unspecified atom stereocenters. The van der Waals surface area contributed by atoms with Crippen molar-refractivity contribution >= 4 is 12.4 Å². The summed E-state index contributed by atoms with van der Waals surface area (Å²) in [6, 6.07) is -0.343. The summed E-state index contributed by atoms with van der Waals surface area (Å²) in [5.41, 5.74) is 0. The summed E-state index contributed by atoms with van der Waals surface area (Å²) in [6.07, 6.45) is 4.54. The predicted octanol–water partition coefficient (Wildman–Crippen LogP) is 0.470. The first kappa shape index (κ1) is 8.53. The van der Waals surface area contributed by atoms with Gasteiger partial charge in [-0.3, -0.25) is 4.79 Å². The van der Waals surface area contributed by atoms with Crippen molar-refractivity contribution in [1.29, 1.82) is 0 Å². The molecule has 13 heavy (non-hydrogen) atoms. The van der Waals surface area contributed by atoms with Crippen LogP contribution in [0.2, 0.25) is 0 Å². The topological polar surface area (TPSA) is 57.6 Å². The van der Waals surface area contributed by atoms with E-state index in [9.17, 15) is 9.59 Å². The van der Waals surface area contributed by atoms with Gasteiger partial charge in [-0.25, -0.2) is 4.79 Å². The van der Waals surface area contributed by atoms with Gasteiger partial charge in [0.2, 0.25) is 6.41 Å². The van der Waals surface area contributed by atoms with Crippen LogP contribution < -0.4 is 0 Å². The van der Waals surface area contributed by atoms with Crippen molar-refractivity contribution in [3.05, 3.63) is 0 Å². The largest absolute Gasteiger partial charge is 0.480 e. The summed E-state index contributed by atoms with van der Waals surface area (Å²) >= 11 is 0. The van der Waals surface area contributed by atoms with Gasteiger partial charge < -0.3 is 10.0 Å². The number of carboxylic acid groups (broad SMARTS) is 1. The van der Waals surface area contributed by atoms with Crippen LogP contribution in [0.1, 0.15) is 25.7 Å². The summed E-state index contributed by atoms with van der Waals surface area (Å²) in [6.45, 7) is 0. The summed E-state index contributed by atoms with van der Waals surface area (Å²) in [5.74, 6) is -0.634. The second-order valence-electron chi connectivity index (χ2n) is 3.90. The van der Waals surface area contributed by atoms with Crippen LogP contribution >= 0.6 is 0 Å². The van der Waals surface area contributed by atoms with Crippen LogP contribution in [0.15, 0.2) is 0 Å². The number of carbonyl (C=O) groups is 2. The van der Waals surface area contributed by atoms with E-state index in [0.717, 1.165) is 25.7 Å². The number of rotatable bonds is 5. The highest BCUT2D eigenvalue weighted by molar-refractivity contribution is 5.77. The fourth-order valence-corrected chi connectivity index (χ4v) is 1.74. The molecule has 0 aromatic rings. The molecule has 1 atom stereocenters. The molecule has 72 valence electrons. The van der Waals surface area contributed by atoms with Gasteiger partial charge >= 0.3 is 5.97 Å². The van der Waals surface area contributed by atoms with Crippen molar-refractivity contribution < 1.29 is 14.7 Å². The van der Waals surface area contributed by atoms with Gasteiger partial charge in [-0.2, -0.15) is 0 Å². The van der Waals surface area contributed by atoms with E-state index >= 15 is 0 Å². The monoisotopic (exact) mass is 183 g/mol. The Hall–Kier alpha value is -1.06. The molecule has 1 N–H and O–H groups in total. The average Bonchev–Trinajstić information content (AvgIpc) is 2.88. The predicted molar refractivity (Wildman–Crippen MR) is 45.1 cm³/mol. The maximum absolute atomic E-state index is 10.9. The Bertz CT molecular complexity index is 233. The van der Waals surface area contributed by atoms with Gasteiger partial charge in [0.25, 0.3) is 0 Å². The van der Waals surface area contributed by atoms with Gasteiger partial charge in [-0.05, 0) is 31.6 Å². The Morgan fingerprint density at radius 1 is 1.38 bits per heavy atom. The fourth-order valence-electron chi connectivity index (χ4n) is 1.74. The van der Waals surface area contributed by atoms with E-state index in [0.29, 0.717) is 6.41 Å². The molecule has 0 spiro atoms. The van der Waals surface area contributed by atoms with Gasteiger partial charge in [0.05, 0.1) is 0 Å². The first-order valence-electron chi connectivity index (χ1n) is 4.69. The van der Waals surface area contributed by atoms with Crippen LogP contribution in [-0.2, 0) is 9.59 Å². The quantitative estimate of drug-likeness (QED) is 0.630. The van der Waals surface area contributed by atoms with Crippen molar-refractivity contribution in [1.82, 2.24) is 4.90 Å². The molecule has 0 radical (unpaired) electrons. The minimum atomic E-state index is -0.846. The Kier molecular flexibility index (Phi) is 1.98. The molecule has 2 rings (SSSR count). The lowest BCUT2D eigenvalue weighted by Crippen LogP contribution is -2.43. The Balaban J connectivity index is 2.06. The van der Waals surface area contributed by atoms with Crippen molar-refractivity contribution in [3.8, 4) is 0 Å². The van der Waals surface area contributed by atoms with Crippen LogP contribution in [-0.4, -0.2) is 34.5 Å². The average molecular weight is 183 g/mol. The van der Waals surface area contributed by atoms with Crippen LogP contribution in [0.5, 0.6) is 0 Å². The summed E-state index contributed by atoms with van der Waals surface area (Å²) in [5, 5.41) is 8.96. The molecule has 2 saturated carbocycles. The van der Waals surface area contributed by atoms with Crippen LogP contribution in [0.4, 0.5) is 0 Å². The summed E-state index contributed by atoms with van der Waals surface area (Å²) < 4.78 is 0. The molecule has 0 aliphatic heterocycles. The molecule has 0 aromatic carbocycles. The molecular weight excluding hydrogens is 170 g/mol. The zero-order valence-corrected chi connectivity index (χ0v) is 7.35. The molecule has 1 amide bonds. The molecule has 0 bridgehead atoms. The van der Waals surface area contributed by atoms with Crippen molar-refractivity contribution in [2.24, 2.45) is 5.92 Å². The molecule has 2 aliphatic rings. The first-order chi connectivity index (χ1) is 6.24. The van der Waals surface area contributed by atoms with Gasteiger partial charge in [0.1, 0.15) is 6.04 Å². The summed E-state index contributed by atoms with van der Waals surface area (Å²) in [7, 11) is 0. The van der Waals surface area contributed by atoms with E-state index in [-0.39, 0.29) is 12.0 Å². The molecule has 0 aromatic heterocycles. The lowest BCUT2D eigenvalue weighted by molar-refractivity contribution is -0.147.